The number of rotatable bonds is 7. The molecule has 1 aliphatic rings. The first kappa shape index (κ1) is 24.0. The molecule has 3 amide bonds. The highest BCUT2D eigenvalue weighted by Gasteiger charge is 2.33. The molecule has 9 heteroatoms. The van der Waals surface area contributed by atoms with Crippen LogP contribution in [0, 0.1) is 5.82 Å². The summed E-state index contributed by atoms with van der Waals surface area (Å²) in [4.78, 5) is 26.4. The number of halogens is 3. The van der Waals surface area contributed by atoms with Crippen LogP contribution in [0.4, 0.5) is 9.18 Å². The summed E-state index contributed by atoms with van der Waals surface area (Å²) in [5, 5.41) is 2.62. The third-order valence-corrected chi connectivity index (χ3v) is 6.23. The molecule has 0 spiro atoms. The molecule has 0 radical (unpaired) electrons. The molecule has 6 nitrogen and oxygen atoms in total. The molecule has 0 saturated carbocycles. The van der Waals surface area contributed by atoms with E-state index in [4.69, 9.17) is 9.47 Å². The molecule has 0 unspecified atom stereocenters. The Labute approximate surface area is 212 Å². The fourth-order valence-corrected chi connectivity index (χ4v) is 4.22. The molecule has 34 heavy (non-hydrogen) atoms. The van der Waals surface area contributed by atoms with Gasteiger partial charge in [0.2, 0.25) is 0 Å². The van der Waals surface area contributed by atoms with Crippen LogP contribution >= 0.6 is 31.9 Å². The molecule has 1 saturated heterocycles. The fourth-order valence-electron chi connectivity index (χ4n) is 3.38. The Bertz CT molecular complexity index is 1280. The van der Waals surface area contributed by atoms with Gasteiger partial charge in [-0.2, -0.15) is 0 Å². The quantitative estimate of drug-likeness (QED) is 0.270. The number of urea groups is 1. The Balaban J connectivity index is 1.53. The summed E-state index contributed by atoms with van der Waals surface area (Å²) in [5.74, 6) is -0.00221. The van der Waals surface area contributed by atoms with Crippen molar-refractivity contribution in [1.82, 2.24) is 10.2 Å². The molecule has 4 rings (SSSR count). The maximum Gasteiger partial charge on any atom is 0.329 e. The van der Waals surface area contributed by atoms with Gasteiger partial charge in [-0.25, -0.2) is 9.18 Å². The van der Waals surface area contributed by atoms with E-state index < -0.39 is 11.9 Å². The Morgan fingerprint density at radius 2 is 1.79 bits per heavy atom. The van der Waals surface area contributed by atoms with Gasteiger partial charge in [0.15, 0.2) is 11.5 Å². The molecule has 0 atom stereocenters. The Morgan fingerprint density at radius 1 is 1.06 bits per heavy atom. The SMILES string of the molecule is COc1cc(/C=C2/NC(=O)N(Cc3ccc(Br)cc3)C2=O)cc(Br)c1OCc1ccccc1F. The summed E-state index contributed by atoms with van der Waals surface area (Å²) < 4.78 is 26.6. The van der Waals surface area contributed by atoms with Crippen LogP contribution in [0.2, 0.25) is 0 Å². The van der Waals surface area contributed by atoms with E-state index in [2.05, 4.69) is 37.2 Å². The van der Waals surface area contributed by atoms with Crippen molar-refractivity contribution in [3.63, 3.8) is 0 Å². The van der Waals surface area contributed by atoms with Gasteiger partial charge < -0.3 is 14.8 Å². The van der Waals surface area contributed by atoms with Crippen LogP contribution in [0.3, 0.4) is 0 Å². The summed E-state index contributed by atoms with van der Waals surface area (Å²) in [7, 11) is 1.48. The third-order valence-electron chi connectivity index (χ3n) is 5.11. The first-order valence-electron chi connectivity index (χ1n) is 10.2. The van der Waals surface area contributed by atoms with Crippen molar-refractivity contribution in [2.24, 2.45) is 0 Å². The molecular weight excluding hydrogens is 571 g/mol. The van der Waals surface area contributed by atoms with E-state index in [0.29, 0.717) is 27.1 Å². The fraction of sp³-hybridized carbons (Fsp3) is 0.120. The van der Waals surface area contributed by atoms with E-state index in [1.54, 1.807) is 36.4 Å². The van der Waals surface area contributed by atoms with Crippen molar-refractivity contribution in [2.75, 3.05) is 7.11 Å². The molecule has 1 heterocycles. The topological polar surface area (TPSA) is 67.9 Å². The largest absolute Gasteiger partial charge is 0.493 e. The van der Waals surface area contributed by atoms with Crippen molar-refractivity contribution in [1.29, 1.82) is 0 Å². The predicted molar refractivity (Wildman–Crippen MR) is 133 cm³/mol. The summed E-state index contributed by atoms with van der Waals surface area (Å²) in [6.45, 7) is 0.173. The molecule has 1 N–H and O–H groups in total. The van der Waals surface area contributed by atoms with Gasteiger partial charge in [0.1, 0.15) is 18.1 Å². The van der Waals surface area contributed by atoms with Crippen molar-refractivity contribution in [3.05, 3.63) is 97.8 Å². The van der Waals surface area contributed by atoms with E-state index in [-0.39, 0.29) is 24.7 Å². The predicted octanol–water partition coefficient (Wildman–Crippen LogP) is 6.03. The maximum atomic E-state index is 13.9. The van der Waals surface area contributed by atoms with Crippen LogP contribution in [-0.4, -0.2) is 23.9 Å². The lowest BCUT2D eigenvalue weighted by Gasteiger charge is -2.14. The van der Waals surface area contributed by atoms with Crippen LogP contribution in [0.25, 0.3) is 6.08 Å². The van der Waals surface area contributed by atoms with Crippen LogP contribution in [0.1, 0.15) is 16.7 Å². The van der Waals surface area contributed by atoms with Gasteiger partial charge in [-0.1, -0.05) is 46.3 Å². The van der Waals surface area contributed by atoms with E-state index in [0.717, 1.165) is 14.9 Å². The van der Waals surface area contributed by atoms with Crippen LogP contribution in [0.5, 0.6) is 11.5 Å². The van der Waals surface area contributed by atoms with Crippen molar-refractivity contribution >= 4 is 49.9 Å². The van der Waals surface area contributed by atoms with Crippen LogP contribution in [0.15, 0.2) is 75.3 Å². The lowest BCUT2D eigenvalue weighted by Crippen LogP contribution is -2.30. The van der Waals surface area contributed by atoms with Crippen molar-refractivity contribution < 1.29 is 23.5 Å². The molecule has 3 aromatic rings. The summed E-state index contributed by atoms with van der Waals surface area (Å²) in [6.07, 6.45) is 1.57. The average molecular weight is 590 g/mol. The number of amides is 3. The number of carbonyl (C=O) groups excluding carboxylic acids is 2. The third kappa shape index (κ3) is 5.31. The summed E-state index contributed by atoms with van der Waals surface area (Å²) in [6, 6.07) is 16.6. The smallest absolute Gasteiger partial charge is 0.329 e. The summed E-state index contributed by atoms with van der Waals surface area (Å²) >= 11 is 6.82. The molecule has 1 fully saturated rings. The molecular formula is C25H19Br2FN2O4. The van der Waals surface area contributed by atoms with Gasteiger partial charge in [0.05, 0.1) is 18.1 Å². The van der Waals surface area contributed by atoms with Crippen molar-refractivity contribution in [2.45, 2.75) is 13.2 Å². The zero-order chi connectivity index (χ0) is 24.2. The number of carbonyl (C=O) groups is 2. The first-order valence-corrected chi connectivity index (χ1v) is 11.8. The molecule has 3 aromatic carbocycles. The number of hydrogen-bond acceptors (Lipinski definition) is 4. The van der Waals surface area contributed by atoms with E-state index in [1.807, 2.05) is 24.3 Å². The van der Waals surface area contributed by atoms with Crippen LogP contribution in [-0.2, 0) is 17.9 Å². The summed E-state index contributed by atoms with van der Waals surface area (Å²) in [5.41, 5.74) is 1.99. The van der Waals surface area contributed by atoms with Gasteiger partial charge in [0, 0.05) is 10.0 Å². The second-order valence-electron chi connectivity index (χ2n) is 7.42. The molecule has 1 aliphatic heterocycles. The average Bonchev–Trinajstić information content (AvgIpc) is 3.07. The number of benzene rings is 3. The lowest BCUT2D eigenvalue weighted by molar-refractivity contribution is -0.123. The molecule has 0 bridgehead atoms. The Hall–Kier alpha value is -3.17. The van der Waals surface area contributed by atoms with Crippen LogP contribution < -0.4 is 14.8 Å². The zero-order valence-electron chi connectivity index (χ0n) is 18.0. The highest BCUT2D eigenvalue weighted by molar-refractivity contribution is 9.10. The van der Waals surface area contributed by atoms with E-state index in [9.17, 15) is 14.0 Å². The molecule has 174 valence electrons. The number of hydrogen-bond donors (Lipinski definition) is 1. The minimum absolute atomic E-state index is 0.0155. The number of ether oxygens (including phenoxy) is 2. The standard InChI is InChI=1S/C25H19Br2FN2O4/c1-33-22-12-16(10-19(27)23(22)34-14-17-4-2-3-5-20(17)28)11-21-24(31)30(25(32)29-21)13-15-6-8-18(26)9-7-15/h2-12H,13-14H2,1H3,(H,29,32)/b21-11+. The molecule has 0 aliphatic carbocycles. The maximum absolute atomic E-state index is 13.9. The normalized spacial score (nSPS) is 14.5. The van der Waals surface area contributed by atoms with Gasteiger partial charge in [-0.3, -0.25) is 9.69 Å². The number of nitrogens with one attached hydrogen (secondary N) is 1. The monoisotopic (exact) mass is 588 g/mol. The van der Waals surface area contributed by atoms with E-state index in [1.165, 1.54) is 13.2 Å². The second kappa shape index (κ2) is 10.4. The zero-order valence-corrected chi connectivity index (χ0v) is 21.2. The molecule has 0 aromatic heterocycles. The van der Waals surface area contributed by atoms with Gasteiger partial charge >= 0.3 is 6.03 Å². The van der Waals surface area contributed by atoms with Gasteiger partial charge in [-0.05, 0) is 63.5 Å². The highest BCUT2D eigenvalue weighted by Crippen LogP contribution is 2.38. The number of imide groups is 1. The minimum Gasteiger partial charge on any atom is -0.493 e. The minimum atomic E-state index is -0.491. The van der Waals surface area contributed by atoms with Gasteiger partial charge in [0.25, 0.3) is 5.91 Å². The second-order valence-corrected chi connectivity index (χ2v) is 9.19. The first-order chi connectivity index (χ1) is 16.4. The lowest BCUT2D eigenvalue weighted by atomic mass is 10.1. The number of methoxy groups -OCH3 is 1. The number of nitrogens with zero attached hydrogens (tertiary/aromatic N) is 1. The van der Waals surface area contributed by atoms with E-state index >= 15 is 0 Å². The highest BCUT2D eigenvalue weighted by atomic mass is 79.9. The van der Waals surface area contributed by atoms with Gasteiger partial charge in [-0.15, -0.1) is 0 Å². The van der Waals surface area contributed by atoms with Crippen molar-refractivity contribution in [3.8, 4) is 11.5 Å². The Kier molecular flexibility index (Phi) is 7.33. The Morgan fingerprint density at radius 3 is 2.50 bits per heavy atom.